The van der Waals surface area contributed by atoms with E-state index in [1.165, 1.54) is 0 Å². The number of rotatable bonds is 3. The first-order chi connectivity index (χ1) is 10.6. The van der Waals surface area contributed by atoms with Crippen LogP contribution in [0.4, 0.5) is 5.69 Å². The summed E-state index contributed by atoms with van der Waals surface area (Å²) in [5, 5.41) is 11.4. The molecule has 0 fully saturated rings. The highest BCUT2D eigenvalue weighted by Crippen LogP contribution is 2.17. The fourth-order valence-corrected chi connectivity index (χ4v) is 2.29. The summed E-state index contributed by atoms with van der Waals surface area (Å²) < 4.78 is 1.59. The summed E-state index contributed by atoms with van der Waals surface area (Å²) in [6.45, 7) is 1.79. The van der Waals surface area contributed by atoms with E-state index in [2.05, 4.69) is 15.6 Å². The zero-order valence-electron chi connectivity index (χ0n) is 11.8. The predicted molar refractivity (Wildman–Crippen MR) is 85.5 cm³/mol. The van der Waals surface area contributed by atoms with Crippen molar-refractivity contribution in [3.63, 3.8) is 0 Å². The molecule has 22 heavy (non-hydrogen) atoms. The lowest BCUT2D eigenvalue weighted by Crippen LogP contribution is -2.14. The first-order valence-electron chi connectivity index (χ1n) is 6.70. The van der Waals surface area contributed by atoms with Crippen LogP contribution in [0, 0.1) is 6.92 Å². The van der Waals surface area contributed by atoms with Crippen molar-refractivity contribution in [1.82, 2.24) is 15.0 Å². The van der Waals surface area contributed by atoms with Gasteiger partial charge in [-0.1, -0.05) is 41.1 Å². The molecule has 2 aromatic carbocycles. The molecule has 1 N–H and O–H groups in total. The number of hydrogen-bond acceptors (Lipinski definition) is 3. The maximum absolute atomic E-state index is 12.3. The van der Waals surface area contributed by atoms with E-state index in [-0.39, 0.29) is 11.6 Å². The number of benzene rings is 2. The summed E-state index contributed by atoms with van der Waals surface area (Å²) >= 11 is 5.98. The lowest BCUT2D eigenvalue weighted by atomic mass is 10.2. The Morgan fingerprint density at radius 1 is 1.14 bits per heavy atom. The van der Waals surface area contributed by atoms with Gasteiger partial charge >= 0.3 is 0 Å². The van der Waals surface area contributed by atoms with Crippen LogP contribution in [0.5, 0.6) is 0 Å². The number of hydrogen-bond donors (Lipinski definition) is 1. The molecule has 110 valence electrons. The molecule has 3 rings (SSSR count). The summed E-state index contributed by atoms with van der Waals surface area (Å²) in [7, 11) is 0. The normalized spacial score (nSPS) is 10.5. The van der Waals surface area contributed by atoms with Gasteiger partial charge in [0.25, 0.3) is 5.91 Å². The molecule has 0 atom stereocenters. The third-order valence-electron chi connectivity index (χ3n) is 3.19. The Kier molecular flexibility index (Phi) is 3.89. The number of nitrogens with zero attached hydrogens (tertiary/aromatic N) is 3. The SMILES string of the molecule is Cc1c(C(=O)Nc2ccccc2)nnn1-c1cccc(Cl)c1. The second-order valence-electron chi connectivity index (χ2n) is 4.74. The minimum atomic E-state index is -0.294. The molecule has 6 heteroatoms. The lowest BCUT2D eigenvalue weighted by molar-refractivity contribution is 0.102. The molecule has 0 bridgehead atoms. The largest absolute Gasteiger partial charge is 0.321 e. The molecule has 1 heterocycles. The van der Waals surface area contributed by atoms with Gasteiger partial charge in [0.05, 0.1) is 11.4 Å². The molecule has 0 radical (unpaired) electrons. The van der Waals surface area contributed by atoms with Crippen LogP contribution < -0.4 is 5.32 Å². The van der Waals surface area contributed by atoms with Gasteiger partial charge in [-0.2, -0.15) is 0 Å². The minimum Gasteiger partial charge on any atom is -0.321 e. The summed E-state index contributed by atoms with van der Waals surface area (Å²) in [6, 6.07) is 16.4. The Balaban J connectivity index is 1.89. The van der Waals surface area contributed by atoms with Gasteiger partial charge in [0.15, 0.2) is 5.69 Å². The number of anilines is 1. The van der Waals surface area contributed by atoms with Crippen molar-refractivity contribution in [1.29, 1.82) is 0 Å². The highest BCUT2D eigenvalue weighted by Gasteiger charge is 2.17. The molecular formula is C16H13ClN4O. The van der Waals surface area contributed by atoms with E-state index >= 15 is 0 Å². The summed E-state index contributed by atoms with van der Waals surface area (Å²) in [4.78, 5) is 12.3. The molecule has 0 aliphatic rings. The van der Waals surface area contributed by atoms with E-state index in [0.717, 1.165) is 5.69 Å². The highest BCUT2D eigenvalue weighted by atomic mass is 35.5. The molecule has 1 amide bonds. The molecule has 1 aromatic heterocycles. The second-order valence-corrected chi connectivity index (χ2v) is 5.17. The van der Waals surface area contributed by atoms with E-state index in [1.54, 1.807) is 23.7 Å². The van der Waals surface area contributed by atoms with Crippen molar-refractivity contribution in [3.8, 4) is 5.69 Å². The molecule has 5 nitrogen and oxygen atoms in total. The van der Waals surface area contributed by atoms with E-state index < -0.39 is 0 Å². The Morgan fingerprint density at radius 2 is 1.91 bits per heavy atom. The van der Waals surface area contributed by atoms with Crippen molar-refractivity contribution in [2.45, 2.75) is 6.92 Å². The highest BCUT2D eigenvalue weighted by molar-refractivity contribution is 6.30. The van der Waals surface area contributed by atoms with Crippen molar-refractivity contribution in [2.75, 3.05) is 5.32 Å². The van der Waals surface area contributed by atoms with Gasteiger partial charge < -0.3 is 5.32 Å². The molecular weight excluding hydrogens is 300 g/mol. The number of halogens is 1. The first-order valence-corrected chi connectivity index (χ1v) is 7.07. The van der Waals surface area contributed by atoms with Gasteiger partial charge in [0, 0.05) is 10.7 Å². The van der Waals surface area contributed by atoms with Crippen LogP contribution in [0.2, 0.25) is 5.02 Å². The summed E-state index contributed by atoms with van der Waals surface area (Å²) in [5.41, 5.74) is 2.40. The smallest absolute Gasteiger partial charge is 0.278 e. The van der Waals surface area contributed by atoms with Crippen LogP contribution in [0.1, 0.15) is 16.2 Å². The topological polar surface area (TPSA) is 59.8 Å². The van der Waals surface area contributed by atoms with Crippen LogP contribution in [0.25, 0.3) is 5.69 Å². The minimum absolute atomic E-state index is 0.281. The number of aromatic nitrogens is 3. The Morgan fingerprint density at radius 3 is 2.64 bits per heavy atom. The number of carbonyl (C=O) groups excluding carboxylic acids is 1. The Labute approximate surface area is 132 Å². The fourth-order valence-electron chi connectivity index (χ4n) is 2.10. The number of amides is 1. The van der Waals surface area contributed by atoms with Crippen LogP contribution in [-0.2, 0) is 0 Å². The van der Waals surface area contributed by atoms with Crippen LogP contribution in [-0.4, -0.2) is 20.9 Å². The van der Waals surface area contributed by atoms with Gasteiger partial charge in [0.1, 0.15) is 0 Å². The Bertz CT molecular complexity index is 814. The average Bonchev–Trinajstić information content (AvgIpc) is 2.90. The molecule has 0 saturated carbocycles. The summed E-state index contributed by atoms with van der Waals surface area (Å²) in [6.07, 6.45) is 0. The fraction of sp³-hybridized carbons (Fsp3) is 0.0625. The quantitative estimate of drug-likeness (QED) is 0.805. The van der Waals surface area contributed by atoms with Crippen molar-refractivity contribution in [3.05, 3.63) is 71.0 Å². The van der Waals surface area contributed by atoms with Crippen molar-refractivity contribution in [2.24, 2.45) is 0 Å². The molecule has 0 unspecified atom stereocenters. The summed E-state index contributed by atoms with van der Waals surface area (Å²) in [5.74, 6) is -0.294. The van der Waals surface area contributed by atoms with Gasteiger partial charge in [-0.05, 0) is 37.3 Å². The number of nitrogens with one attached hydrogen (secondary N) is 1. The third kappa shape index (κ3) is 2.84. The molecule has 0 spiro atoms. The maximum atomic E-state index is 12.3. The predicted octanol–water partition coefficient (Wildman–Crippen LogP) is 3.48. The van der Waals surface area contributed by atoms with E-state index in [1.807, 2.05) is 42.5 Å². The maximum Gasteiger partial charge on any atom is 0.278 e. The van der Waals surface area contributed by atoms with E-state index in [9.17, 15) is 4.79 Å². The van der Waals surface area contributed by atoms with Crippen LogP contribution >= 0.6 is 11.6 Å². The lowest BCUT2D eigenvalue weighted by Gasteiger charge is -2.05. The first kappa shape index (κ1) is 14.3. The molecule has 3 aromatic rings. The van der Waals surface area contributed by atoms with Gasteiger partial charge in [-0.15, -0.1) is 5.10 Å². The number of carbonyl (C=O) groups is 1. The molecule has 0 aliphatic carbocycles. The second kappa shape index (κ2) is 5.99. The molecule has 0 aliphatic heterocycles. The number of para-hydroxylation sites is 1. The van der Waals surface area contributed by atoms with Gasteiger partial charge in [-0.25, -0.2) is 4.68 Å². The van der Waals surface area contributed by atoms with Crippen LogP contribution in [0.3, 0.4) is 0 Å². The Hall–Kier alpha value is -2.66. The third-order valence-corrected chi connectivity index (χ3v) is 3.43. The van der Waals surface area contributed by atoms with Crippen molar-refractivity contribution < 1.29 is 4.79 Å². The van der Waals surface area contributed by atoms with Crippen molar-refractivity contribution >= 4 is 23.2 Å². The average molecular weight is 313 g/mol. The zero-order valence-corrected chi connectivity index (χ0v) is 12.6. The van der Waals surface area contributed by atoms with Crippen LogP contribution in [0.15, 0.2) is 54.6 Å². The zero-order chi connectivity index (χ0) is 15.5. The standard InChI is InChI=1S/C16H13ClN4O/c1-11-15(16(22)18-13-7-3-2-4-8-13)19-20-21(11)14-9-5-6-12(17)10-14/h2-10H,1H3,(H,18,22). The molecule has 0 saturated heterocycles. The monoisotopic (exact) mass is 312 g/mol. The van der Waals surface area contributed by atoms with E-state index in [4.69, 9.17) is 11.6 Å². The van der Waals surface area contributed by atoms with Gasteiger partial charge in [-0.3, -0.25) is 4.79 Å². The van der Waals surface area contributed by atoms with E-state index in [0.29, 0.717) is 16.4 Å². The van der Waals surface area contributed by atoms with Gasteiger partial charge in [0.2, 0.25) is 0 Å².